The summed E-state index contributed by atoms with van der Waals surface area (Å²) in [6.07, 6.45) is 5.25. The van der Waals surface area contributed by atoms with E-state index in [9.17, 15) is 0 Å². The zero-order chi connectivity index (χ0) is 13.9. The van der Waals surface area contributed by atoms with Crippen LogP contribution in [0.15, 0.2) is 47.5 Å². The SMILES string of the molecule is Cc1cnccc1CNc1ncnc2ccc(Br)cc12. The van der Waals surface area contributed by atoms with Crippen molar-refractivity contribution in [3.8, 4) is 0 Å². The quantitative estimate of drug-likeness (QED) is 0.796. The van der Waals surface area contributed by atoms with Crippen LogP contribution in [0.5, 0.6) is 0 Å². The fourth-order valence-electron chi connectivity index (χ4n) is 2.05. The van der Waals surface area contributed by atoms with Crippen LogP contribution < -0.4 is 5.32 Å². The van der Waals surface area contributed by atoms with Gasteiger partial charge in [-0.15, -0.1) is 0 Å². The van der Waals surface area contributed by atoms with E-state index in [1.54, 1.807) is 12.5 Å². The molecule has 0 fully saturated rings. The number of rotatable bonds is 3. The summed E-state index contributed by atoms with van der Waals surface area (Å²) in [5, 5.41) is 4.38. The van der Waals surface area contributed by atoms with Gasteiger partial charge in [0, 0.05) is 28.8 Å². The van der Waals surface area contributed by atoms with E-state index in [-0.39, 0.29) is 0 Å². The molecule has 2 aromatic heterocycles. The summed E-state index contributed by atoms with van der Waals surface area (Å²) < 4.78 is 1.02. The molecule has 0 bridgehead atoms. The van der Waals surface area contributed by atoms with Gasteiger partial charge < -0.3 is 5.32 Å². The van der Waals surface area contributed by atoms with Crippen molar-refractivity contribution in [1.82, 2.24) is 15.0 Å². The molecule has 100 valence electrons. The van der Waals surface area contributed by atoms with Crippen LogP contribution in [-0.4, -0.2) is 15.0 Å². The first-order chi connectivity index (χ1) is 9.74. The Hall–Kier alpha value is -2.01. The molecule has 3 aromatic rings. The third-order valence-electron chi connectivity index (χ3n) is 3.18. The number of nitrogens with one attached hydrogen (secondary N) is 1. The zero-order valence-corrected chi connectivity index (χ0v) is 12.6. The monoisotopic (exact) mass is 328 g/mol. The number of anilines is 1. The molecule has 1 aromatic carbocycles. The summed E-state index contributed by atoms with van der Waals surface area (Å²) in [5.74, 6) is 0.840. The highest BCUT2D eigenvalue weighted by Gasteiger charge is 2.05. The Morgan fingerprint density at radius 3 is 2.95 bits per heavy atom. The van der Waals surface area contributed by atoms with Gasteiger partial charge in [-0.2, -0.15) is 0 Å². The van der Waals surface area contributed by atoms with Gasteiger partial charge in [-0.1, -0.05) is 15.9 Å². The third-order valence-corrected chi connectivity index (χ3v) is 3.67. The van der Waals surface area contributed by atoms with Crippen molar-refractivity contribution in [2.45, 2.75) is 13.5 Å². The number of pyridine rings is 1. The highest BCUT2D eigenvalue weighted by atomic mass is 79.9. The first kappa shape index (κ1) is 13.0. The lowest BCUT2D eigenvalue weighted by Gasteiger charge is -2.10. The van der Waals surface area contributed by atoms with Gasteiger partial charge in [-0.25, -0.2) is 9.97 Å². The average molecular weight is 329 g/mol. The summed E-state index contributed by atoms with van der Waals surface area (Å²) in [6.45, 7) is 2.77. The number of halogens is 1. The minimum absolute atomic E-state index is 0.715. The second kappa shape index (κ2) is 5.54. The van der Waals surface area contributed by atoms with Gasteiger partial charge >= 0.3 is 0 Å². The summed E-state index contributed by atoms with van der Waals surface area (Å²) in [4.78, 5) is 12.7. The first-order valence-electron chi connectivity index (χ1n) is 6.27. The topological polar surface area (TPSA) is 50.7 Å². The Kier molecular flexibility index (Phi) is 3.60. The van der Waals surface area contributed by atoms with Gasteiger partial charge in [0.1, 0.15) is 12.1 Å². The summed E-state index contributed by atoms with van der Waals surface area (Å²) >= 11 is 3.48. The standard InChI is InChI=1S/C15H13BrN4/c1-10-7-17-5-4-11(10)8-18-15-13-6-12(16)2-3-14(13)19-9-20-15/h2-7,9H,8H2,1H3,(H,18,19,20). The van der Waals surface area contributed by atoms with Crippen LogP contribution in [0.1, 0.15) is 11.1 Å². The van der Waals surface area contributed by atoms with Crippen LogP contribution in [0.2, 0.25) is 0 Å². The molecule has 0 amide bonds. The number of hydrogen-bond acceptors (Lipinski definition) is 4. The van der Waals surface area contributed by atoms with Crippen molar-refractivity contribution < 1.29 is 0 Å². The smallest absolute Gasteiger partial charge is 0.137 e. The Morgan fingerprint density at radius 1 is 1.20 bits per heavy atom. The van der Waals surface area contributed by atoms with E-state index in [4.69, 9.17) is 0 Å². The number of aryl methyl sites for hydroxylation is 1. The van der Waals surface area contributed by atoms with Crippen molar-refractivity contribution in [3.63, 3.8) is 0 Å². The fraction of sp³-hybridized carbons (Fsp3) is 0.133. The van der Waals surface area contributed by atoms with E-state index < -0.39 is 0 Å². The molecule has 5 heteroatoms. The Labute approximate surface area is 125 Å². The molecule has 0 saturated carbocycles. The second-order valence-electron chi connectivity index (χ2n) is 4.54. The molecule has 0 aliphatic rings. The van der Waals surface area contributed by atoms with Gasteiger partial charge in [0.25, 0.3) is 0 Å². The number of nitrogens with zero attached hydrogens (tertiary/aromatic N) is 3. The molecule has 2 heterocycles. The van der Waals surface area contributed by atoms with Crippen LogP contribution in [0.3, 0.4) is 0 Å². The maximum absolute atomic E-state index is 4.33. The molecule has 20 heavy (non-hydrogen) atoms. The van der Waals surface area contributed by atoms with Crippen LogP contribution in [0.4, 0.5) is 5.82 Å². The molecule has 0 aliphatic carbocycles. The highest BCUT2D eigenvalue weighted by Crippen LogP contribution is 2.23. The van der Waals surface area contributed by atoms with Crippen molar-refractivity contribution in [2.24, 2.45) is 0 Å². The fourth-order valence-corrected chi connectivity index (χ4v) is 2.41. The van der Waals surface area contributed by atoms with E-state index in [2.05, 4.69) is 43.1 Å². The summed E-state index contributed by atoms with van der Waals surface area (Å²) in [6, 6.07) is 7.99. The number of fused-ring (bicyclic) bond motifs is 1. The molecule has 1 N–H and O–H groups in total. The third kappa shape index (κ3) is 2.63. The molecular weight excluding hydrogens is 316 g/mol. The van der Waals surface area contributed by atoms with E-state index in [1.165, 1.54) is 11.1 Å². The van der Waals surface area contributed by atoms with Crippen molar-refractivity contribution in [3.05, 3.63) is 58.6 Å². The molecule has 0 spiro atoms. The van der Waals surface area contributed by atoms with Gasteiger partial charge in [0.05, 0.1) is 5.52 Å². The Morgan fingerprint density at radius 2 is 2.10 bits per heavy atom. The van der Waals surface area contributed by atoms with E-state index in [0.717, 1.165) is 21.2 Å². The van der Waals surface area contributed by atoms with Gasteiger partial charge in [0.2, 0.25) is 0 Å². The minimum Gasteiger partial charge on any atom is -0.365 e. The molecule has 0 aliphatic heterocycles. The molecule has 4 nitrogen and oxygen atoms in total. The van der Waals surface area contributed by atoms with Crippen molar-refractivity contribution in [2.75, 3.05) is 5.32 Å². The lowest BCUT2D eigenvalue weighted by Crippen LogP contribution is -2.04. The van der Waals surface area contributed by atoms with E-state index in [0.29, 0.717) is 6.54 Å². The highest BCUT2D eigenvalue weighted by molar-refractivity contribution is 9.10. The number of hydrogen-bond donors (Lipinski definition) is 1. The lowest BCUT2D eigenvalue weighted by atomic mass is 10.1. The normalized spacial score (nSPS) is 10.7. The predicted octanol–water partition coefficient (Wildman–Crippen LogP) is 3.71. The minimum atomic E-state index is 0.715. The number of benzene rings is 1. The van der Waals surface area contributed by atoms with Crippen LogP contribution in [-0.2, 0) is 6.54 Å². The molecule has 3 rings (SSSR count). The van der Waals surface area contributed by atoms with Gasteiger partial charge in [-0.05, 0) is 42.3 Å². The van der Waals surface area contributed by atoms with E-state index >= 15 is 0 Å². The summed E-state index contributed by atoms with van der Waals surface area (Å²) in [7, 11) is 0. The molecule has 0 saturated heterocycles. The zero-order valence-electron chi connectivity index (χ0n) is 11.0. The van der Waals surface area contributed by atoms with Crippen molar-refractivity contribution >= 4 is 32.7 Å². The maximum atomic E-state index is 4.33. The van der Waals surface area contributed by atoms with Crippen molar-refractivity contribution in [1.29, 1.82) is 0 Å². The maximum Gasteiger partial charge on any atom is 0.137 e. The molecular formula is C15H13BrN4. The first-order valence-corrected chi connectivity index (χ1v) is 7.07. The van der Waals surface area contributed by atoms with E-state index in [1.807, 2.05) is 30.5 Å². The molecule has 0 atom stereocenters. The largest absolute Gasteiger partial charge is 0.365 e. The Balaban J connectivity index is 1.91. The summed E-state index contributed by atoms with van der Waals surface area (Å²) in [5.41, 5.74) is 3.30. The van der Waals surface area contributed by atoms with Gasteiger partial charge in [0.15, 0.2) is 0 Å². The van der Waals surface area contributed by atoms with Crippen LogP contribution >= 0.6 is 15.9 Å². The molecule has 0 radical (unpaired) electrons. The average Bonchev–Trinajstić information content (AvgIpc) is 2.46. The number of aromatic nitrogens is 3. The lowest BCUT2D eigenvalue weighted by molar-refractivity contribution is 1.07. The predicted molar refractivity (Wildman–Crippen MR) is 83.5 cm³/mol. The second-order valence-corrected chi connectivity index (χ2v) is 5.46. The van der Waals surface area contributed by atoms with Gasteiger partial charge in [-0.3, -0.25) is 4.98 Å². The Bertz CT molecular complexity index is 758. The molecule has 0 unspecified atom stereocenters. The van der Waals surface area contributed by atoms with Crippen LogP contribution in [0.25, 0.3) is 10.9 Å². The van der Waals surface area contributed by atoms with Crippen LogP contribution in [0, 0.1) is 6.92 Å².